The van der Waals surface area contributed by atoms with Gasteiger partial charge >= 0.3 is 12.1 Å². The standard InChI is InChI=1S/C10H17BrN4O3/c1-9(2,3)18-8(17)14-10(12-4)5-6-13-7(16)15(10)11/h5-6,12H,1-4H3,(H,13,16)(H,14,17). The maximum atomic E-state index is 11.8. The number of amides is 3. The fraction of sp³-hybridized carbons (Fsp3) is 0.600. The van der Waals surface area contributed by atoms with Crippen LogP contribution in [0.15, 0.2) is 12.3 Å². The molecule has 8 heteroatoms. The van der Waals surface area contributed by atoms with Crippen LogP contribution in [0, 0.1) is 0 Å². The van der Waals surface area contributed by atoms with E-state index in [-0.39, 0.29) is 0 Å². The first-order valence-corrected chi connectivity index (χ1v) is 6.05. The topological polar surface area (TPSA) is 82.7 Å². The van der Waals surface area contributed by atoms with E-state index in [9.17, 15) is 9.59 Å². The van der Waals surface area contributed by atoms with Crippen molar-refractivity contribution in [1.29, 1.82) is 0 Å². The molecule has 0 radical (unpaired) electrons. The molecule has 1 rings (SSSR count). The van der Waals surface area contributed by atoms with Gasteiger partial charge in [0.2, 0.25) is 5.79 Å². The average molecular weight is 321 g/mol. The van der Waals surface area contributed by atoms with Crippen molar-refractivity contribution in [3.8, 4) is 0 Å². The van der Waals surface area contributed by atoms with Gasteiger partial charge in [-0.15, -0.1) is 0 Å². The number of rotatable bonds is 2. The number of urea groups is 1. The molecule has 0 fully saturated rings. The molecule has 1 aliphatic heterocycles. The highest BCUT2D eigenvalue weighted by atomic mass is 79.9. The number of carbonyl (C=O) groups is 2. The third-order valence-electron chi connectivity index (χ3n) is 2.09. The molecule has 1 unspecified atom stereocenters. The van der Waals surface area contributed by atoms with Crippen LogP contribution >= 0.6 is 16.1 Å². The van der Waals surface area contributed by atoms with Gasteiger partial charge in [-0.1, -0.05) is 0 Å². The van der Waals surface area contributed by atoms with E-state index in [1.54, 1.807) is 33.9 Å². The van der Waals surface area contributed by atoms with Gasteiger partial charge in [-0.2, -0.15) is 0 Å². The SMILES string of the molecule is CNC1(NC(=O)OC(C)(C)C)C=CNC(=O)N1Br. The van der Waals surface area contributed by atoms with E-state index in [1.807, 2.05) is 0 Å². The molecule has 0 aromatic rings. The molecule has 3 N–H and O–H groups in total. The van der Waals surface area contributed by atoms with Crippen molar-refractivity contribution >= 4 is 28.3 Å². The molecular weight excluding hydrogens is 304 g/mol. The summed E-state index contributed by atoms with van der Waals surface area (Å²) in [6.45, 7) is 5.27. The van der Waals surface area contributed by atoms with Crippen molar-refractivity contribution in [2.45, 2.75) is 32.2 Å². The highest BCUT2D eigenvalue weighted by Crippen LogP contribution is 2.19. The lowest BCUT2D eigenvalue weighted by Gasteiger charge is -2.39. The molecule has 0 aliphatic carbocycles. The van der Waals surface area contributed by atoms with Crippen LogP contribution in [-0.2, 0) is 4.74 Å². The molecule has 0 spiro atoms. The Morgan fingerprint density at radius 1 is 1.56 bits per heavy atom. The monoisotopic (exact) mass is 320 g/mol. The first-order chi connectivity index (χ1) is 8.20. The maximum absolute atomic E-state index is 11.8. The Morgan fingerprint density at radius 2 is 2.17 bits per heavy atom. The van der Waals surface area contributed by atoms with Crippen molar-refractivity contribution < 1.29 is 14.3 Å². The van der Waals surface area contributed by atoms with Crippen LogP contribution in [0.4, 0.5) is 9.59 Å². The van der Waals surface area contributed by atoms with Crippen molar-refractivity contribution in [2.24, 2.45) is 0 Å². The highest BCUT2D eigenvalue weighted by Gasteiger charge is 2.40. The van der Waals surface area contributed by atoms with Crippen LogP contribution < -0.4 is 16.0 Å². The van der Waals surface area contributed by atoms with Crippen molar-refractivity contribution in [1.82, 2.24) is 19.9 Å². The fourth-order valence-corrected chi connectivity index (χ4v) is 1.80. The normalized spacial score (nSPS) is 23.6. The second kappa shape index (κ2) is 5.15. The van der Waals surface area contributed by atoms with E-state index < -0.39 is 23.5 Å². The van der Waals surface area contributed by atoms with Gasteiger partial charge in [-0.05, 0) is 33.9 Å². The van der Waals surface area contributed by atoms with Crippen molar-refractivity contribution in [3.63, 3.8) is 0 Å². The van der Waals surface area contributed by atoms with Crippen LogP contribution in [-0.4, -0.2) is 34.5 Å². The van der Waals surface area contributed by atoms with E-state index >= 15 is 0 Å². The van der Waals surface area contributed by atoms with E-state index in [0.717, 1.165) is 3.93 Å². The number of alkyl carbamates (subject to hydrolysis) is 1. The van der Waals surface area contributed by atoms with Gasteiger partial charge in [0.1, 0.15) is 5.60 Å². The van der Waals surface area contributed by atoms with Gasteiger partial charge in [0.15, 0.2) is 0 Å². The number of carbonyl (C=O) groups excluding carboxylic acids is 2. The molecule has 1 aliphatic rings. The average Bonchev–Trinajstić information content (AvgIpc) is 2.22. The van der Waals surface area contributed by atoms with Gasteiger partial charge in [0.05, 0.1) is 16.1 Å². The number of halogens is 1. The zero-order valence-corrected chi connectivity index (χ0v) is 12.3. The molecule has 1 heterocycles. The molecular formula is C10H17BrN4O3. The number of nitrogens with zero attached hydrogens (tertiary/aromatic N) is 1. The van der Waals surface area contributed by atoms with Crippen LogP contribution in [0.1, 0.15) is 20.8 Å². The Hall–Kier alpha value is -1.28. The molecule has 0 bridgehead atoms. The summed E-state index contributed by atoms with van der Waals surface area (Å²) in [6, 6.07) is -0.414. The lowest BCUT2D eigenvalue weighted by atomic mass is 10.2. The molecule has 18 heavy (non-hydrogen) atoms. The van der Waals surface area contributed by atoms with Crippen LogP contribution in [0.3, 0.4) is 0 Å². The number of nitrogens with one attached hydrogen (secondary N) is 3. The molecule has 7 nitrogen and oxygen atoms in total. The Balaban J connectivity index is 2.83. The summed E-state index contributed by atoms with van der Waals surface area (Å²) in [5.41, 5.74) is -0.614. The minimum absolute atomic E-state index is 0.414. The van der Waals surface area contributed by atoms with Crippen molar-refractivity contribution in [2.75, 3.05) is 7.05 Å². The largest absolute Gasteiger partial charge is 0.444 e. The maximum Gasteiger partial charge on any atom is 0.410 e. The van der Waals surface area contributed by atoms with Gasteiger partial charge in [-0.25, -0.2) is 13.5 Å². The minimum Gasteiger partial charge on any atom is -0.444 e. The number of hydrogen-bond acceptors (Lipinski definition) is 4. The predicted octanol–water partition coefficient (Wildman–Crippen LogP) is 1.23. The smallest absolute Gasteiger partial charge is 0.410 e. The highest BCUT2D eigenvalue weighted by molar-refractivity contribution is 9.07. The van der Waals surface area contributed by atoms with Crippen LogP contribution in [0.5, 0.6) is 0 Å². The number of hydrogen-bond donors (Lipinski definition) is 3. The zero-order valence-electron chi connectivity index (χ0n) is 10.7. The third-order valence-corrected chi connectivity index (χ3v) is 2.97. The molecule has 0 aromatic carbocycles. The first-order valence-electron chi connectivity index (χ1n) is 5.34. The zero-order chi connectivity index (χ0) is 14.0. The van der Waals surface area contributed by atoms with Gasteiger partial charge in [0.25, 0.3) is 0 Å². The second-order valence-electron chi connectivity index (χ2n) is 4.71. The van der Waals surface area contributed by atoms with E-state index in [1.165, 1.54) is 6.20 Å². The number of ether oxygens (including phenoxy) is 1. The molecule has 1 atom stereocenters. The van der Waals surface area contributed by atoms with Crippen molar-refractivity contribution in [3.05, 3.63) is 12.3 Å². The quantitative estimate of drug-likeness (QED) is 0.528. The molecule has 0 saturated heterocycles. The lowest BCUT2D eigenvalue weighted by molar-refractivity contribution is 0.0405. The Labute approximate surface area is 114 Å². The summed E-state index contributed by atoms with van der Waals surface area (Å²) in [5.74, 6) is -1.18. The number of likely N-dealkylation sites (N-methyl/N-ethyl adjacent to an activating group) is 1. The summed E-state index contributed by atoms with van der Waals surface area (Å²) in [6.07, 6.45) is 2.38. The van der Waals surface area contributed by atoms with E-state index in [4.69, 9.17) is 4.74 Å². The molecule has 3 amide bonds. The fourth-order valence-electron chi connectivity index (χ4n) is 1.31. The predicted molar refractivity (Wildman–Crippen MR) is 69.6 cm³/mol. The Morgan fingerprint density at radius 3 is 2.67 bits per heavy atom. The van der Waals surface area contributed by atoms with Gasteiger partial charge < -0.3 is 10.1 Å². The summed E-state index contributed by atoms with van der Waals surface area (Å²) >= 11 is 3.08. The van der Waals surface area contributed by atoms with Gasteiger partial charge in [0, 0.05) is 6.20 Å². The van der Waals surface area contributed by atoms with Gasteiger partial charge in [-0.3, -0.25) is 10.6 Å². The Bertz CT molecular complexity index is 380. The Kier molecular flexibility index (Phi) is 4.23. The summed E-state index contributed by atoms with van der Waals surface area (Å²) in [7, 11) is 1.61. The minimum atomic E-state index is -1.18. The summed E-state index contributed by atoms with van der Waals surface area (Å²) in [5, 5.41) is 7.88. The first kappa shape index (κ1) is 14.8. The second-order valence-corrected chi connectivity index (χ2v) is 5.42. The summed E-state index contributed by atoms with van der Waals surface area (Å²) < 4.78 is 6.29. The van der Waals surface area contributed by atoms with Crippen LogP contribution in [0.2, 0.25) is 0 Å². The lowest BCUT2D eigenvalue weighted by Crippen LogP contribution is -2.68. The summed E-state index contributed by atoms with van der Waals surface area (Å²) in [4.78, 5) is 23.3. The molecule has 102 valence electrons. The van der Waals surface area contributed by atoms with E-state index in [2.05, 4.69) is 32.1 Å². The molecule has 0 saturated carbocycles. The van der Waals surface area contributed by atoms with E-state index in [0.29, 0.717) is 0 Å². The molecule has 0 aromatic heterocycles. The third kappa shape index (κ3) is 3.36. The van der Waals surface area contributed by atoms with Crippen LogP contribution in [0.25, 0.3) is 0 Å².